The third-order valence-electron chi connectivity index (χ3n) is 1.99. The number of hydrogen-bond donors (Lipinski definition) is 1. The fourth-order valence-electron chi connectivity index (χ4n) is 1.36. The molecule has 0 spiro atoms. The summed E-state index contributed by atoms with van der Waals surface area (Å²) in [5, 5.41) is 9.45. The van der Waals surface area contributed by atoms with E-state index in [0.717, 1.165) is 0 Å². The van der Waals surface area contributed by atoms with Crippen LogP contribution in [0.15, 0.2) is 0 Å². The Morgan fingerprint density at radius 2 is 2.33 bits per heavy atom. The SMILES string of the molecule is [B]C1OC2COC(=P)O[C@H]2[C@H]1O. The van der Waals surface area contributed by atoms with E-state index in [4.69, 9.17) is 22.1 Å². The van der Waals surface area contributed by atoms with Crippen LogP contribution in [0.1, 0.15) is 0 Å². The van der Waals surface area contributed by atoms with Crippen molar-refractivity contribution in [1.82, 2.24) is 0 Å². The second-order valence-electron chi connectivity index (χ2n) is 2.81. The van der Waals surface area contributed by atoms with Crippen molar-refractivity contribution in [3.63, 3.8) is 0 Å². The van der Waals surface area contributed by atoms with Gasteiger partial charge in [0.2, 0.25) is 5.67 Å². The van der Waals surface area contributed by atoms with Gasteiger partial charge in [-0.25, -0.2) is 0 Å². The predicted molar refractivity (Wildman–Crippen MR) is 44.6 cm³/mol. The molecule has 0 bridgehead atoms. The molecule has 2 aliphatic heterocycles. The lowest BCUT2D eigenvalue weighted by Crippen LogP contribution is -2.43. The maximum Gasteiger partial charge on any atom is 0.203 e. The molecule has 2 saturated heterocycles. The van der Waals surface area contributed by atoms with Crippen LogP contribution in [0.5, 0.6) is 0 Å². The number of ether oxygens (including phenoxy) is 3. The molecule has 2 aliphatic rings. The summed E-state index contributed by atoms with van der Waals surface area (Å²) in [6, 6.07) is -0.679. The second-order valence-corrected chi connectivity index (χ2v) is 3.22. The van der Waals surface area contributed by atoms with E-state index in [-0.39, 0.29) is 11.8 Å². The van der Waals surface area contributed by atoms with Crippen molar-refractivity contribution in [3.8, 4) is 0 Å². The highest BCUT2D eigenvalue weighted by Crippen LogP contribution is 2.26. The van der Waals surface area contributed by atoms with E-state index in [0.29, 0.717) is 6.61 Å². The number of hydrogen-bond acceptors (Lipinski definition) is 4. The van der Waals surface area contributed by atoms with Crippen LogP contribution >= 0.6 is 8.86 Å². The minimum absolute atomic E-state index is 0.268. The first-order valence-corrected chi connectivity index (χ1v) is 4.15. The largest absolute Gasteiger partial charge is 0.388 e. The molecule has 0 aliphatic carbocycles. The standard InChI is InChI=1S/C6H8BO4P/c7-5-3(8)4-2(10-5)1-9-6(12)11-4/h2-5,8,12H,1H2/t2?,3-,4-,5?/m1/s1. The lowest BCUT2D eigenvalue weighted by atomic mass is 9.93. The Bertz CT molecular complexity index is 212. The van der Waals surface area contributed by atoms with Gasteiger partial charge in [0.15, 0.2) is 0 Å². The summed E-state index contributed by atoms with van der Waals surface area (Å²) < 4.78 is 15.3. The Kier molecular flexibility index (Phi) is 2.23. The third kappa shape index (κ3) is 1.32. The van der Waals surface area contributed by atoms with Crippen molar-refractivity contribution in [2.75, 3.05) is 6.61 Å². The number of aliphatic hydroxyl groups is 1. The molecule has 2 heterocycles. The highest BCUT2D eigenvalue weighted by Gasteiger charge is 2.44. The van der Waals surface area contributed by atoms with Gasteiger partial charge in [0.25, 0.3) is 0 Å². The lowest BCUT2D eigenvalue weighted by Gasteiger charge is -2.26. The summed E-state index contributed by atoms with van der Waals surface area (Å²) in [5.74, 6) is 0. The minimum atomic E-state index is -0.787. The van der Waals surface area contributed by atoms with E-state index >= 15 is 0 Å². The van der Waals surface area contributed by atoms with Crippen LogP contribution in [-0.4, -0.2) is 49.5 Å². The molecule has 2 radical (unpaired) electrons. The topological polar surface area (TPSA) is 47.9 Å². The molecule has 2 rings (SSSR count). The van der Waals surface area contributed by atoms with Crippen LogP contribution < -0.4 is 0 Å². The van der Waals surface area contributed by atoms with Gasteiger partial charge in [-0.2, -0.15) is 0 Å². The Morgan fingerprint density at radius 1 is 1.58 bits per heavy atom. The summed E-state index contributed by atoms with van der Waals surface area (Å²) in [6.07, 6.45) is -1.47. The maximum absolute atomic E-state index is 9.45. The smallest absolute Gasteiger partial charge is 0.203 e. The first-order chi connectivity index (χ1) is 5.68. The zero-order chi connectivity index (χ0) is 8.72. The average molecular weight is 186 g/mol. The van der Waals surface area contributed by atoms with Crippen LogP contribution in [0.25, 0.3) is 0 Å². The summed E-state index contributed by atoms with van der Waals surface area (Å²) in [6.45, 7) is 0.355. The van der Waals surface area contributed by atoms with E-state index in [9.17, 15) is 5.11 Å². The molecule has 12 heavy (non-hydrogen) atoms. The molecular formula is C6H8BO4P. The van der Waals surface area contributed by atoms with Crippen LogP contribution in [-0.2, 0) is 14.2 Å². The normalized spacial score (nSPS) is 47.6. The average Bonchev–Trinajstić information content (AvgIpc) is 2.31. The predicted octanol–water partition coefficient (Wildman–Crippen LogP) is -1.11. The van der Waals surface area contributed by atoms with E-state index in [1.807, 2.05) is 0 Å². The van der Waals surface area contributed by atoms with Gasteiger partial charge in [0, 0.05) is 6.00 Å². The molecule has 4 nitrogen and oxygen atoms in total. The molecule has 1 N–H and O–H groups in total. The van der Waals surface area contributed by atoms with Gasteiger partial charge in [-0.1, -0.05) is 8.86 Å². The monoisotopic (exact) mass is 186 g/mol. The number of fused-ring (bicyclic) bond motifs is 1. The van der Waals surface area contributed by atoms with Gasteiger partial charge in [0.05, 0.1) is 6.61 Å². The second kappa shape index (κ2) is 3.09. The molecule has 2 unspecified atom stereocenters. The molecule has 64 valence electrons. The van der Waals surface area contributed by atoms with Crippen molar-refractivity contribution in [3.05, 3.63) is 0 Å². The molecular weight excluding hydrogens is 178 g/mol. The summed E-state index contributed by atoms with van der Waals surface area (Å²) in [7, 11) is 8.54. The van der Waals surface area contributed by atoms with Gasteiger partial charge < -0.3 is 19.3 Å². The molecule has 0 aromatic carbocycles. The molecule has 6 heteroatoms. The van der Waals surface area contributed by atoms with Crippen LogP contribution in [0.4, 0.5) is 0 Å². The van der Waals surface area contributed by atoms with Crippen molar-refractivity contribution >= 4 is 22.4 Å². The summed E-state index contributed by atoms with van der Waals surface area (Å²) in [5.41, 5.74) is 0.271. The van der Waals surface area contributed by atoms with Crippen molar-refractivity contribution in [2.45, 2.75) is 24.3 Å². The third-order valence-corrected chi connectivity index (χ3v) is 2.26. The Hall–Kier alpha value is 0.0749. The quantitative estimate of drug-likeness (QED) is 0.384. The Labute approximate surface area is 73.4 Å². The zero-order valence-electron chi connectivity index (χ0n) is 6.27. The molecule has 0 amide bonds. The van der Waals surface area contributed by atoms with Gasteiger partial charge in [0.1, 0.15) is 26.2 Å². The summed E-state index contributed by atoms with van der Waals surface area (Å²) >= 11 is 0. The van der Waals surface area contributed by atoms with E-state index in [2.05, 4.69) is 8.86 Å². The van der Waals surface area contributed by atoms with E-state index in [1.165, 1.54) is 0 Å². The first-order valence-electron chi connectivity index (χ1n) is 3.65. The van der Waals surface area contributed by atoms with Gasteiger partial charge in [-0.05, 0) is 0 Å². The molecule has 4 atom stereocenters. The molecule has 2 fully saturated rings. The fraction of sp³-hybridized carbons (Fsp3) is 0.833. The van der Waals surface area contributed by atoms with Crippen LogP contribution in [0.3, 0.4) is 0 Å². The highest BCUT2D eigenvalue weighted by atomic mass is 31.0. The first kappa shape index (κ1) is 8.66. The number of aliphatic hydroxyl groups excluding tert-OH is 1. The van der Waals surface area contributed by atoms with E-state index in [1.54, 1.807) is 0 Å². The molecule has 0 saturated carbocycles. The number of rotatable bonds is 0. The minimum Gasteiger partial charge on any atom is -0.388 e. The van der Waals surface area contributed by atoms with Crippen molar-refractivity contribution < 1.29 is 19.3 Å². The Balaban J connectivity index is 2.10. The zero-order valence-corrected chi connectivity index (χ0v) is 7.27. The molecule has 0 aromatic heterocycles. The van der Waals surface area contributed by atoms with Crippen LogP contribution in [0.2, 0.25) is 0 Å². The fourth-order valence-corrected chi connectivity index (χ4v) is 1.58. The van der Waals surface area contributed by atoms with E-state index < -0.39 is 18.2 Å². The maximum atomic E-state index is 9.45. The van der Waals surface area contributed by atoms with Crippen LogP contribution in [0, 0.1) is 0 Å². The summed E-state index contributed by atoms with van der Waals surface area (Å²) in [4.78, 5) is 0. The van der Waals surface area contributed by atoms with Crippen molar-refractivity contribution in [2.24, 2.45) is 0 Å². The van der Waals surface area contributed by atoms with Gasteiger partial charge >= 0.3 is 0 Å². The van der Waals surface area contributed by atoms with Gasteiger partial charge in [-0.3, -0.25) is 0 Å². The Morgan fingerprint density at radius 3 is 3.08 bits per heavy atom. The molecule has 0 aromatic rings. The highest BCUT2D eigenvalue weighted by molar-refractivity contribution is 7.19. The van der Waals surface area contributed by atoms with Gasteiger partial charge in [-0.15, -0.1) is 0 Å². The van der Waals surface area contributed by atoms with Crippen molar-refractivity contribution in [1.29, 1.82) is 0 Å². The lowest BCUT2D eigenvalue weighted by molar-refractivity contribution is -0.0539.